The SMILES string of the molecule is CC(=O)Nc1ccc(S(=O)(=O)NCc2ccc(N3CCC[C@H](C)C3)cc2)cc1. The van der Waals surface area contributed by atoms with Crippen molar-refractivity contribution < 1.29 is 13.2 Å². The van der Waals surface area contributed by atoms with Gasteiger partial charge in [0.1, 0.15) is 0 Å². The molecular formula is C21H27N3O3S. The number of nitrogens with one attached hydrogen (secondary N) is 2. The van der Waals surface area contributed by atoms with Crippen LogP contribution in [0, 0.1) is 5.92 Å². The van der Waals surface area contributed by atoms with Crippen LogP contribution >= 0.6 is 0 Å². The average molecular weight is 402 g/mol. The Hall–Kier alpha value is -2.38. The van der Waals surface area contributed by atoms with Crippen molar-refractivity contribution in [1.82, 2.24) is 4.72 Å². The molecule has 1 heterocycles. The highest BCUT2D eigenvalue weighted by atomic mass is 32.2. The lowest BCUT2D eigenvalue weighted by atomic mass is 9.99. The van der Waals surface area contributed by atoms with E-state index in [0.717, 1.165) is 18.7 Å². The zero-order valence-electron chi connectivity index (χ0n) is 16.3. The molecule has 1 atom stereocenters. The standard InChI is InChI=1S/C21H27N3O3S/c1-16-4-3-13-24(15-16)20-9-5-18(6-10-20)14-22-28(26,27)21-11-7-19(8-12-21)23-17(2)25/h5-12,16,22H,3-4,13-15H2,1-2H3,(H,23,25)/t16-/m0/s1. The number of piperidine rings is 1. The summed E-state index contributed by atoms with van der Waals surface area (Å²) in [5, 5.41) is 2.62. The van der Waals surface area contributed by atoms with Crippen LogP contribution in [0.15, 0.2) is 53.4 Å². The number of benzene rings is 2. The first kappa shape index (κ1) is 20.4. The van der Waals surface area contributed by atoms with Crippen LogP contribution in [-0.4, -0.2) is 27.4 Å². The maximum Gasteiger partial charge on any atom is 0.240 e. The van der Waals surface area contributed by atoms with Crippen molar-refractivity contribution in [2.24, 2.45) is 5.92 Å². The number of amides is 1. The fourth-order valence-electron chi connectivity index (χ4n) is 3.43. The third-order valence-corrected chi connectivity index (χ3v) is 6.33. The highest BCUT2D eigenvalue weighted by Crippen LogP contribution is 2.23. The van der Waals surface area contributed by atoms with Crippen LogP contribution in [0.1, 0.15) is 32.3 Å². The minimum atomic E-state index is -3.61. The Kier molecular flexibility index (Phi) is 6.36. The van der Waals surface area contributed by atoms with E-state index in [1.807, 2.05) is 12.1 Å². The van der Waals surface area contributed by atoms with Crippen molar-refractivity contribution in [3.8, 4) is 0 Å². The number of hydrogen-bond donors (Lipinski definition) is 2. The van der Waals surface area contributed by atoms with Crippen molar-refractivity contribution in [3.63, 3.8) is 0 Å². The highest BCUT2D eigenvalue weighted by molar-refractivity contribution is 7.89. The van der Waals surface area contributed by atoms with E-state index < -0.39 is 10.0 Å². The molecule has 0 bridgehead atoms. The average Bonchev–Trinajstić information content (AvgIpc) is 2.67. The maximum absolute atomic E-state index is 12.5. The molecule has 2 aromatic rings. The molecule has 0 aliphatic carbocycles. The predicted molar refractivity (Wildman–Crippen MR) is 112 cm³/mol. The molecule has 7 heteroatoms. The van der Waals surface area contributed by atoms with E-state index in [0.29, 0.717) is 11.6 Å². The van der Waals surface area contributed by atoms with Gasteiger partial charge in [0.2, 0.25) is 15.9 Å². The van der Waals surface area contributed by atoms with Gasteiger partial charge in [-0.15, -0.1) is 0 Å². The summed E-state index contributed by atoms with van der Waals surface area (Å²) in [5.74, 6) is 0.508. The molecule has 0 aromatic heterocycles. The number of carbonyl (C=O) groups is 1. The van der Waals surface area contributed by atoms with Gasteiger partial charge in [-0.1, -0.05) is 19.1 Å². The van der Waals surface area contributed by atoms with Gasteiger partial charge in [0.05, 0.1) is 4.90 Å². The Morgan fingerprint density at radius 2 is 1.79 bits per heavy atom. The molecule has 1 aliphatic rings. The number of hydrogen-bond acceptors (Lipinski definition) is 4. The topological polar surface area (TPSA) is 78.5 Å². The number of carbonyl (C=O) groups excluding carboxylic acids is 1. The van der Waals surface area contributed by atoms with Gasteiger partial charge in [0.15, 0.2) is 0 Å². The van der Waals surface area contributed by atoms with E-state index in [1.165, 1.54) is 37.6 Å². The molecule has 28 heavy (non-hydrogen) atoms. The molecular weight excluding hydrogens is 374 g/mol. The molecule has 2 aromatic carbocycles. The normalized spacial score (nSPS) is 17.4. The van der Waals surface area contributed by atoms with E-state index in [2.05, 4.69) is 34.0 Å². The molecule has 1 fully saturated rings. The molecule has 1 saturated heterocycles. The fourth-order valence-corrected chi connectivity index (χ4v) is 4.45. The monoisotopic (exact) mass is 401 g/mol. The number of nitrogens with zero attached hydrogens (tertiary/aromatic N) is 1. The summed E-state index contributed by atoms with van der Waals surface area (Å²) in [7, 11) is -3.61. The van der Waals surface area contributed by atoms with Crippen LogP contribution in [0.25, 0.3) is 0 Å². The molecule has 3 rings (SSSR count). The van der Waals surface area contributed by atoms with Gasteiger partial charge in [-0.05, 0) is 60.7 Å². The van der Waals surface area contributed by atoms with Gasteiger partial charge < -0.3 is 10.2 Å². The minimum Gasteiger partial charge on any atom is -0.371 e. The summed E-state index contributed by atoms with van der Waals surface area (Å²) in [6, 6.07) is 14.2. The van der Waals surface area contributed by atoms with Crippen molar-refractivity contribution in [2.45, 2.75) is 38.1 Å². The summed E-state index contributed by atoms with van der Waals surface area (Å²) in [6.07, 6.45) is 2.49. The second-order valence-electron chi connectivity index (χ2n) is 7.39. The first-order valence-corrected chi connectivity index (χ1v) is 11.0. The summed E-state index contributed by atoms with van der Waals surface area (Å²) in [4.78, 5) is 13.6. The van der Waals surface area contributed by atoms with E-state index in [9.17, 15) is 13.2 Å². The summed E-state index contributed by atoms with van der Waals surface area (Å²) in [5.41, 5.74) is 2.66. The third kappa shape index (κ3) is 5.33. The first-order valence-electron chi connectivity index (χ1n) is 9.55. The Labute approximate surface area is 167 Å². The van der Waals surface area contributed by atoms with Crippen LogP contribution in [0.4, 0.5) is 11.4 Å². The zero-order chi connectivity index (χ0) is 20.1. The van der Waals surface area contributed by atoms with Crippen molar-refractivity contribution in [3.05, 3.63) is 54.1 Å². The van der Waals surface area contributed by atoms with Crippen LogP contribution in [0.2, 0.25) is 0 Å². The maximum atomic E-state index is 12.5. The predicted octanol–water partition coefficient (Wildman–Crippen LogP) is 3.36. The van der Waals surface area contributed by atoms with Crippen molar-refractivity contribution in [2.75, 3.05) is 23.3 Å². The van der Waals surface area contributed by atoms with Gasteiger partial charge in [-0.2, -0.15) is 0 Å². The number of rotatable bonds is 6. The second kappa shape index (κ2) is 8.75. The lowest BCUT2D eigenvalue weighted by Crippen LogP contribution is -2.34. The number of anilines is 2. The van der Waals surface area contributed by atoms with Crippen LogP contribution < -0.4 is 14.9 Å². The Bertz CT molecular complexity index is 909. The van der Waals surface area contributed by atoms with Gasteiger partial charge in [-0.25, -0.2) is 13.1 Å². The molecule has 0 spiro atoms. The van der Waals surface area contributed by atoms with Gasteiger partial charge >= 0.3 is 0 Å². The molecule has 150 valence electrons. The first-order chi connectivity index (χ1) is 13.3. The lowest BCUT2D eigenvalue weighted by molar-refractivity contribution is -0.114. The largest absolute Gasteiger partial charge is 0.371 e. The molecule has 1 aliphatic heterocycles. The van der Waals surface area contributed by atoms with Crippen molar-refractivity contribution >= 4 is 27.3 Å². The Morgan fingerprint density at radius 1 is 1.11 bits per heavy atom. The summed E-state index contributed by atoms with van der Waals surface area (Å²) >= 11 is 0. The van der Waals surface area contributed by atoms with Gasteiger partial charge in [0.25, 0.3) is 0 Å². The van der Waals surface area contributed by atoms with E-state index in [1.54, 1.807) is 12.1 Å². The van der Waals surface area contributed by atoms with Crippen LogP contribution in [0.5, 0.6) is 0 Å². The fraction of sp³-hybridized carbons (Fsp3) is 0.381. The number of sulfonamides is 1. The van der Waals surface area contributed by atoms with E-state index in [4.69, 9.17) is 0 Å². The summed E-state index contributed by atoms with van der Waals surface area (Å²) in [6.45, 7) is 6.05. The van der Waals surface area contributed by atoms with Crippen molar-refractivity contribution in [1.29, 1.82) is 0 Å². The molecule has 0 saturated carbocycles. The lowest BCUT2D eigenvalue weighted by Gasteiger charge is -2.32. The quantitative estimate of drug-likeness (QED) is 0.778. The highest BCUT2D eigenvalue weighted by Gasteiger charge is 2.17. The third-order valence-electron chi connectivity index (χ3n) is 4.91. The van der Waals surface area contributed by atoms with E-state index >= 15 is 0 Å². The molecule has 0 unspecified atom stereocenters. The minimum absolute atomic E-state index is 0.167. The Balaban J connectivity index is 1.60. The van der Waals surface area contributed by atoms with Gasteiger partial charge in [-0.3, -0.25) is 4.79 Å². The molecule has 2 N–H and O–H groups in total. The molecule has 6 nitrogen and oxygen atoms in total. The van der Waals surface area contributed by atoms with Crippen LogP contribution in [0.3, 0.4) is 0 Å². The second-order valence-corrected chi connectivity index (χ2v) is 9.16. The molecule has 1 amide bonds. The van der Waals surface area contributed by atoms with Gasteiger partial charge in [0, 0.05) is 37.9 Å². The zero-order valence-corrected chi connectivity index (χ0v) is 17.1. The van der Waals surface area contributed by atoms with E-state index in [-0.39, 0.29) is 17.3 Å². The smallest absolute Gasteiger partial charge is 0.240 e. The summed E-state index contributed by atoms with van der Waals surface area (Å²) < 4.78 is 27.6. The molecule has 0 radical (unpaired) electrons. The Morgan fingerprint density at radius 3 is 2.39 bits per heavy atom. The van der Waals surface area contributed by atoms with Crippen LogP contribution in [-0.2, 0) is 21.4 Å².